The van der Waals surface area contributed by atoms with Gasteiger partial charge in [-0.15, -0.1) is 0 Å². The Morgan fingerprint density at radius 1 is 1.25 bits per heavy atom. The average Bonchev–Trinajstić information content (AvgIpc) is 3.23. The Hall–Kier alpha value is -1.88. The van der Waals surface area contributed by atoms with Gasteiger partial charge in [0.25, 0.3) is 0 Å². The first kappa shape index (κ1) is 13.1. The Bertz CT molecular complexity index is 547. The smallest absolute Gasteiger partial charge is 0.246 e. The Labute approximate surface area is 118 Å². The minimum atomic E-state index is -0.122. The quantitative estimate of drug-likeness (QED) is 0.843. The largest absolute Gasteiger partial charge is 0.345 e. The first-order valence-electron chi connectivity index (χ1n) is 6.96. The van der Waals surface area contributed by atoms with Crippen LogP contribution in [0.1, 0.15) is 25.3 Å². The maximum Gasteiger partial charge on any atom is 0.246 e. The lowest BCUT2D eigenvalue weighted by Gasteiger charge is -2.27. The van der Waals surface area contributed by atoms with Gasteiger partial charge in [0.05, 0.1) is 6.54 Å². The van der Waals surface area contributed by atoms with Crippen LogP contribution in [0.4, 0.5) is 5.69 Å². The van der Waals surface area contributed by atoms with E-state index in [0.717, 1.165) is 18.5 Å². The molecule has 1 aromatic carbocycles. The van der Waals surface area contributed by atoms with Gasteiger partial charge in [-0.1, -0.05) is 12.1 Å². The number of rotatable bonds is 3. The first-order chi connectivity index (χ1) is 9.53. The lowest BCUT2D eigenvalue weighted by Crippen LogP contribution is -2.51. The number of amides is 2. The molecule has 1 saturated heterocycles. The highest BCUT2D eigenvalue weighted by Crippen LogP contribution is 2.50. The van der Waals surface area contributed by atoms with Gasteiger partial charge < -0.3 is 16.0 Å². The fourth-order valence-electron chi connectivity index (χ4n) is 2.91. The van der Waals surface area contributed by atoms with Gasteiger partial charge in [0.1, 0.15) is 6.54 Å². The van der Waals surface area contributed by atoms with Crippen molar-refractivity contribution < 1.29 is 9.59 Å². The van der Waals surface area contributed by atoms with E-state index in [1.807, 2.05) is 31.2 Å². The summed E-state index contributed by atoms with van der Waals surface area (Å²) in [6.45, 7) is 2.21. The molecule has 5 nitrogen and oxygen atoms in total. The van der Waals surface area contributed by atoms with E-state index in [1.165, 1.54) is 10.5 Å². The number of nitrogens with two attached hydrogens (primary N) is 1. The van der Waals surface area contributed by atoms with E-state index in [2.05, 4.69) is 5.32 Å². The molecule has 1 saturated carbocycles. The van der Waals surface area contributed by atoms with Gasteiger partial charge in [0.15, 0.2) is 0 Å². The number of benzene rings is 1. The van der Waals surface area contributed by atoms with Crippen molar-refractivity contribution in [2.24, 2.45) is 5.73 Å². The highest BCUT2D eigenvalue weighted by atomic mass is 16.2. The SMILES string of the molecule is CC(N)C1(c2ccc(N3CC(=O)NCC3=O)cc2)CC1. The molecule has 2 amide bonds. The van der Waals surface area contributed by atoms with Crippen LogP contribution >= 0.6 is 0 Å². The van der Waals surface area contributed by atoms with Crippen LogP contribution in [0.5, 0.6) is 0 Å². The summed E-state index contributed by atoms with van der Waals surface area (Å²) in [4.78, 5) is 24.8. The van der Waals surface area contributed by atoms with Gasteiger partial charge >= 0.3 is 0 Å². The number of hydrogen-bond acceptors (Lipinski definition) is 3. The van der Waals surface area contributed by atoms with Crippen molar-refractivity contribution >= 4 is 17.5 Å². The predicted molar refractivity (Wildman–Crippen MR) is 76.4 cm³/mol. The molecule has 1 aliphatic heterocycles. The summed E-state index contributed by atoms with van der Waals surface area (Å²) < 4.78 is 0. The standard InChI is InChI=1S/C15H19N3O2/c1-10(16)15(6-7-15)11-2-4-12(5-3-11)18-9-13(19)17-8-14(18)20/h2-5,10H,6-9,16H2,1H3,(H,17,19). The number of nitrogens with one attached hydrogen (secondary N) is 1. The normalized spacial score (nSPS) is 22.4. The molecule has 1 aliphatic carbocycles. The summed E-state index contributed by atoms with van der Waals surface area (Å²) in [5, 5.41) is 2.55. The molecule has 1 atom stereocenters. The van der Waals surface area contributed by atoms with Crippen LogP contribution in [-0.2, 0) is 15.0 Å². The van der Waals surface area contributed by atoms with E-state index in [4.69, 9.17) is 5.73 Å². The Kier molecular flexibility index (Phi) is 3.01. The molecule has 0 spiro atoms. The zero-order valence-electron chi connectivity index (χ0n) is 11.6. The number of carbonyl (C=O) groups excluding carboxylic acids is 2. The second-order valence-electron chi connectivity index (χ2n) is 5.75. The molecule has 5 heteroatoms. The fraction of sp³-hybridized carbons (Fsp3) is 0.467. The van der Waals surface area contributed by atoms with Crippen molar-refractivity contribution in [3.63, 3.8) is 0 Å². The van der Waals surface area contributed by atoms with Crippen molar-refractivity contribution in [3.8, 4) is 0 Å². The Morgan fingerprint density at radius 2 is 1.90 bits per heavy atom. The molecule has 1 aromatic rings. The summed E-state index contributed by atoms with van der Waals surface area (Å²) in [5.74, 6) is -0.200. The first-order valence-corrected chi connectivity index (χ1v) is 6.96. The van der Waals surface area contributed by atoms with Gasteiger partial charge in [-0.05, 0) is 37.5 Å². The van der Waals surface area contributed by atoms with Crippen LogP contribution < -0.4 is 16.0 Å². The summed E-state index contributed by atoms with van der Waals surface area (Å²) in [7, 11) is 0. The second kappa shape index (κ2) is 4.59. The zero-order chi connectivity index (χ0) is 14.3. The van der Waals surface area contributed by atoms with Gasteiger partial charge in [-0.25, -0.2) is 0 Å². The van der Waals surface area contributed by atoms with E-state index in [0.29, 0.717) is 0 Å². The summed E-state index contributed by atoms with van der Waals surface area (Å²) >= 11 is 0. The van der Waals surface area contributed by atoms with Gasteiger partial charge in [-0.3, -0.25) is 9.59 Å². The number of piperazine rings is 1. The van der Waals surface area contributed by atoms with Crippen LogP contribution in [0.15, 0.2) is 24.3 Å². The van der Waals surface area contributed by atoms with E-state index in [9.17, 15) is 9.59 Å². The van der Waals surface area contributed by atoms with Crippen molar-refractivity contribution in [3.05, 3.63) is 29.8 Å². The zero-order valence-corrected chi connectivity index (χ0v) is 11.6. The Morgan fingerprint density at radius 3 is 2.45 bits per heavy atom. The number of carbonyl (C=O) groups is 2. The van der Waals surface area contributed by atoms with Crippen LogP contribution in [0.25, 0.3) is 0 Å². The number of nitrogens with zero attached hydrogens (tertiary/aromatic N) is 1. The van der Waals surface area contributed by atoms with Crippen LogP contribution in [0, 0.1) is 0 Å². The molecule has 2 aliphatic rings. The van der Waals surface area contributed by atoms with E-state index in [1.54, 1.807) is 0 Å². The fourth-order valence-corrected chi connectivity index (χ4v) is 2.91. The maximum absolute atomic E-state index is 11.8. The molecule has 0 aromatic heterocycles. The lowest BCUT2D eigenvalue weighted by molar-refractivity contribution is -0.128. The van der Waals surface area contributed by atoms with Crippen LogP contribution in [0.3, 0.4) is 0 Å². The third kappa shape index (κ3) is 2.08. The van der Waals surface area contributed by atoms with E-state index in [-0.39, 0.29) is 36.4 Å². The summed E-state index contributed by atoms with van der Waals surface area (Å²) in [6.07, 6.45) is 2.24. The second-order valence-corrected chi connectivity index (χ2v) is 5.75. The highest BCUT2D eigenvalue weighted by Gasteiger charge is 2.47. The van der Waals surface area contributed by atoms with Crippen molar-refractivity contribution in [1.29, 1.82) is 0 Å². The van der Waals surface area contributed by atoms with Gasteiger partial charge in [0.2, 0.25) is 11.8 Å². The predicted octanol–water partition coefficient (Wildman–Crippen LogP) is 0.528. The Balaban J connectivity index is 1.83. The average molecular weight is 273 g/mol. The van der Waals surface area contributed by atoms with Gasteiger partial charge in [0, 0.05) is 17.1 Å². The van der Waals surface area contributed by atoms with Crippen LogP contribution in [-0.4, -0.2) is 30.9 Å². The molecular weight excluding hydrogens is 254 g/mol. The highest BCUT2D eigenvalue weighted by molar-refractivity contribution is 6.04. The number of hydrogen-bond donors (Lipinski definition) is 2. The van der Waals surface area contributed by atoms with Crippen LogP contribution in [0.2, 0.25) is 0 Å². The van der Waals surface area contributed by atoms with Crippen molar-refractivity contribution in [2.45, 2.75) is 31.2 Å². The number of anilines is 1. The van der Waals surface area contributed by atoms with Crippen molar-refractivity contribution in [1.82, 2.24) is 5.32 Å². The molecule has 0 radical (unpaired) electrons. The third-order valence-corrected chi connectivity index (χ3v) is 4.45. The molecule has 1 heterocycles. The maximum atomic E-state index is 11.8. The molecule has 1 unspecified atom stereocenters. The monoisotopic (exact) mass is 273 g/mol. The molecule has 0 bridgehead atoms. The van der Waals surface area contributed by atoms with Crippen molar-refractivity contribution in [2.75, 3.05) is 18.0 Å². The lowest BCUT2D eigenvalue weighted by atomic mass is 9.89. The molecular formula is C15H19N3O2. The minimum absolute atomic E-state index is 0.0738. The van der Waals surface area contributed by atoms with E-state index < -0.39 is 0 Å². The topological polar surface area (TPSA) is 75.4 Å². The molecule has 2 fully saturated rings. The third-order valence-electron chi connectivity index (χ3n) is 4.45. The minimum Gasteiger partial charge on any atom is -0.345 e. The van der Waals surface area contributed by atoms with Gasteiger partial charge in [-0.2, -0.15) is 0 Å². The van der Waals surface area contributed by atoms with E-state index >= 15 is 0 Å². The summed E-state index contributed by atoms with van der Waals surface area (Å²) in [5.41, 5.74) is 8.18. The summed E-state index contributed by atoms with van der Waals surface area (Å²) in [6, 6.07) is 8.02. The molecule has 3 N–H and O–H groups in total. The molecule has 3 rings (SSSR count). The molecule has 106 valence electrons. The molecule has 20 heavy (non-hydrogen) atoms.